The number of carbonyl (C=O) groups is 2. The lowest BCUT2D eigenvalue weighted by atomic mass is 10.1. The summed E-state index contributed by atoms with van der Waals surface area (Å²) in [7, 11) is 0. The van der Waals surface area contributed by atoms with Crippen molar-refractivity contribution in [3.05, 3.63) is 35.6 Å². The van der Waals surface area contributed by atoms with Gasteiger partial charge >= 0.3 is 0 Å². The Kier molecular flexibility index (Phi) is 4.83. The Morgan fingerprint density at radius 3 is 2.28 bits per heavy atom. The minimum absolute atomic E-state index is 0.131. The standard InChI is InChI=1S/C13H17FN2O2/c1-9(2)7-16(8-12(15)17)13(18)10-3-5-11(14)6-4-10/h3-6,9H,7-8H2,1-2H3,(H2,15,17). The monoisotopic (exact) mass is 252 g/mol. The molecule has 4 nitrogen and oxygen atoms in total. The summed E-state index contributed by atoms with van der Waals surface area (Å²) >= 11 is 0. The van der Waals surface area contributed by atoms with Gasteiger partial charge in [-0.25, -0.2) is 4.39 Å². The van der Waals surface area contributed by atoms with E-state index in [-0.39, 0.29) is 18.4 Å². The van der Waals surface area contributed by atoms with Crippen LogP contribution < -0.4 is 5.73 Å². The first kappa shape index (κ1) is 14.2. The van der Waals surface area contributed by atoms with Gasteiger partial charge in [-0.2, -0.15) is 0 Å². The zero-order chi connectivity index (χ0) is 13.7. The summed E-state index contributed by atoms with van der Waals surface area (Å²) < 4.78 is 12.8. The van der Waals surface area contributed by atoms with Crippen LogP contribution in [0.4, 0.5) is 4.39 Å². The molecule has 0 atom stereocenters. The van der Waals surface area contributed by atoms with Gasteiger partial charge in [-0.15, -0.1) is 0 Å². The summed E-state index contributed by atoms with van der Waals surface area (Å²) in [5.74, 6) is -1.07. The van der Waals surface area contributed by atoms with E-state index in [0.717, 1.165) is 0 Å². The fraction of sp³-hybridized carbons (Fsp3) is 0.385. The summed E-state index contributed by atoms with van der Waals surface area (Å²) in [4.78, 5) is 24.4. The zero-order valence-corrected chi connectivity index (χ0v) is 10.5. The fourth-order valence-corrected chi connectivity index (χ4v) is 1.62. The van der Waals surface area contributed by atoms with Crippen LogP contribution in [0, 0.1) is 11.7 Å². The largest absolute Gasteiger partial charge is 0.368 e. The fourth-order valence-electron chi connectivity index (χ4n) is 1.62. The van der Waals surface area contributed by atoms with Crippen LogP contribution in [0.5, 0.6) is 0 Å². The maximum absolute atomic E-state index is 12.8. The van der Waals surface area contributed by atoms with Crippen molar-refractivity contribution >= 4 is 11.8 Å². The van der Waals surface area contributed by atoms with Gasteiger partial charge in [0, 0.05) is 12.1 Å². The molecule has 18 heavy (non-hydrogen) atoms. The second-order valence-corrected chi connectivity index (χ2v) is 4.55. The lowest BCUT2D eigenvalue weighted by Gasteiger charge is -2.23. The first-order valence-electron chi connectivity index (χ1n) is 5.73. The summed E-state index contributed by atoms with van der Waals surface area (Å²) in [5.41, 5.74) is 5.46. The van der Waals surface area contributed by atoms with Crippen LogP contribution in [-0.4, -0.2) is 29.8 Å². The van der Waals surface area contributed by atoms with Crippen LogP contribution in [0.3, 0.4) is 0 Å². The van der Waals surface area contributed by atoms with E-state index in [2.05, 4.69) is 0 Å². The normalized spacial score (nSPS) is 10.4. The van der Waals surface area contributed by atoms with Gasteiger partial charge in [0.1, 0.15) is 5.82 Å². The molecule has 0 saturated carbocycles. The van der Waals surface area contributed by atoms with Crippen LogP contribution in [0.1, 0.15) is 24.2 Å². The molecular formula is C13H17FN2O2. The SMILES string of the molecule is CC(C)CN(CC(N)=O)C(=O)c1ccc(F)cc1. The minimum Gasteiger partial charge on any atom is -0.368 e. The van der Waals surface area contributed by atoms with Crippen molar-refractivity contribution < 1.29 is 14.0 Å². The van der Waals surface area contributed by atoms with Crippen molar-refractivity contribution in [2.24, 2.45) is 11.7 Å². The van der Waals surface area contributed by atoms with Gasteiger partial charge in [0.05, 0.1) is 6.54 Å². The number of nitrogens with zero attached hydrogens (tertiary/aromatic N) is 1. The van der Waals surface area contributed by atoms with Gasteiger partial charge < -0.3 is 10.6 Å². The molecule has 1 rings (SSSR count). The smallest absolute Gasteiger partial charge is 0.254 e. The van der Waals surface area contributed by atoms with Gasteiger partial charge in [-0.1, -0.05) is 13.8 Å². The number of hydrogen-bond acceptors (Lipinski definition) is 2. The molecule has 0 heterocycles. The third-order valence-corrected chi connectivity index (χ3v) is 2.31. The Bertz CT molecular complexity index is 429. The van der Waals surface area contributed by atoms with E-state index in [9.17, 15) is 14.0 Å². The van der Waals surface area contributed by atoms with Crippen molar-refractivity contribution in [2.45, 2.75) is 13.8 Å². The highest BCUT2D eigenvalue weighted by molar-refractivity contribution is 5.96. The number of amides is 2. The third-order valence-electron chi connectivity index (χ3n) is 2.31. The van der Waals surface area contributed by atoms with Crippen molar-refractivity contribution in [2.75, 3.05) is 13.1 Å². The number of benzene rings is 1. The Morgan fingerprint density at radius 2 is 1.83 bits per heavy atom. The summed E-state index contributed by atoms with van der Waals surface area (Å²) in [6.45, 7) is 4.17. The van der Waals surface area contributed by atoms with E-state index < -0.39 is 11.7 Å². The van der Waals surface area contributed by atoms with Crippen LogP contribution >= 0.6 is 0 Å². The van der Waals surface area contributed by atoms with E-state index in [1.54, 1.807) is 0 Å². The maximum Gasteiger partial charge on any atom is 0.254 e. The van der Waals surface area contributed by atoms with E-state index in [0.29, 0.717) is 12.1 Å². The number of hydrogen-bond donors (Lipinski definition) is 1. The molecule has 2 N–H and O–H groups in total. The number of halogens is 1. The van der Waals surface area contributed by atoms with Crippen molar-refractivity contribution in [3.8, 4) is 0 Å². The average Bonchev–Trinajstić information content (AvgIpc) is 2.27. The molecule has 98 valence electrons. The number of rotatable bonds is 5. The Morgan fingerprint density at radius 1 is 1.28 bits per heavy atom. The van der Waals surface area contributed by atoms with Gasteiger partial charge in [0.15, 0.2) is 0 Å². The lowest BCUT2D eigenvalue weighted by molar-refractivity contribution is -0.118. The van der Waals surface area contributed by atoms with Crippen molar-refractivity contribution in [1.82, 2.24) is 4.90 Å². The molecule has 5 heteroatoms. The second-order valence-electron chi connectivity index (χ2n) is 4.55. The number of nitrogens with two attached hydrogens (primary N) is 1. The molecule has 0 spiro atoms. The average molecular weight is 252 g/mol. The predicted molar refractivity (Wildman–Crippen MR) is 66.3 cm³/mol. The predicted octanol–water partition coefficient (Wildman–Crippen LogP) is 1.41. The lowest BCUT2D eigenvalue weighted by Crippen LogP contribution is -2.40. The molecule has 2 amide bonds. The molecule has 0 radical (unpaired) electrons. The quantitative estimate of drug-likeness (QED) is 0.861. The second kappa shape index (κ2) is 6.14. The van der Waals surface area contributed by atoms with Crippen molar-refractivity contribution in [1.29, 1.82) is 0 Å². The highest BCUT2D eigenvalue weighted by Crippen LogP contribution is 2.08. The molecule has 0 aliphatic rings. The van der Waals surface area contributed by atoms with E-state index in [1.807, 2.05) is 13.8 Å². The summed E-state index contributed by atoms with van der Waals surface area (Å²) in [6, 6.07) is 5.22. The van der Waals surface area contributed by atoms with Crippen LogP contribution in [0.2, 0.25) is 0 Å². The molecular weight excluding hydrogens is 235 g/mol. The summed E-state index contributed by atoms with van der Waals surface area (Å²) in [5, 5.41) is 0. The van der Waals surface area contributed by atoms with E-state index in [1.165, 1.54) is 29.2 Å². The number of primary amides is 1. The molecule has 0 aliphatic carbocycles. The zero-order valence-electron chi connectivity index (χ0n) is 10.5. The van der Waals surface area contributed by atoms with Gasteiger partial charge in [-0.3, -0.25) is 9.59 Å². The van der Waals surface area contributed by atoms with E-state index >= 15 is 0 Å². The molecule has 0 saturated heterocycles. The van der Waals surface area contributed by atoms with Gasteiger partial charge in [0.2, 0.25) is 5.91 Å². The number of carbonyl (C=O) groups excluding carboxylic acids is 2. The van der Waals surface area contributed by atoms with Crippen LogP contribution in [0.25, 0.3) is 0 Å². The van der Waals surface area contributed by atoms with E-state index in [4.69, 9.17) is 5.73 Å². The maximum atomic E-state index is 12.8. The topological polar surface area (TPSA) is 63.4 Å². The Balaban J connectivity index is 2.87. The molecule has 0 unspecified atom stereocenters. The molecule has 0 fully saturated rings. The minimum atomic E-state index is -0.564. The molecule has 1 aromatic carbocycles. The molecule has 0 aromatic heterocycles. The van der Waals surface area contributed by atoms with Crippen LogP contribution in [-0.2, 0) is 4.79 Å². The Labute approximate surface area is 106 Å². The van der Waals surface area contributed by atoms with Gasteiger partial charge in [0.25, 0.3) is 5.91 Å². The molecule has 0 aliphatic heterocycles. The third kappa shape index (κ3) is 4.16. The van der Waals surface area contributed by atoms with Gasteiger partial charge in [-0.05, 0) is 30.2 Å². The first-order chi connectivity index (χ1) is 8.40. The molecule has 0 bridgehead atoms. The van der Waals surface area contributed by atoms with Crippen molar-refractivity contribution in [3.63, 3.8) is 0 Å². The highest BCUT2D eigenvalue weighted by atomic mass is 19.1. The van der Waals surface area contributed by atoms with Crippen LogP contribution in [0.15, 0.2) is 24.3 Å². The molecule has 1 aromatic rings. The first-order valence-corrected chi connectivity index (χ1v) is 5.73. The summed E-state index contributed by atoms with van der Waals surface area (Å²) in [6.07, 6.45) is 0. The Hall–Kier alpha value is -1.91. The highest BCUT2D eigenvalue weighted by Gasteiger charge is 2.18.